The van der Waals surface area contributed by atoms with Crippen molar-refractivity contribution in [1.82, 2.24) is 25.7 Å². The Kier molecular flexibility index (Phi) is 5.94. The van der Waals surface area contributed by atoms with Crippen LogP contribution in [0, 0.1) is 6.92 Å². The van der Waals surface area contributed by atoms with Crippen LogP contribution in [0.25, 0.3) is 0 Å². The lowest BCUT2D eigenvalue weighted by atomic mass is 10.2. The fraction of sp³-hybridized carbons (Fsp3) is 0.769. The largest absolute Gasteiger partial charge is 0.405 e. The molecule has 2 rings (SSSR count). The predicted octanol–water partition coefficient (Wildman–Crippen LogP) is 0.263. The molecule has 1 aliphatic heterocycles. The molecule has 1 saturated heterocycles. The molecule has 10 heteroatoms. The maximum atomic E-state index is 13.2. The molecule has 23 heavy (non-hydrogen) atoms. The Morgan fingerprint density at radius 1 is 1.43 bits per heavy atom. The number of alkyl halides is 3. The van der Waals surface area contributed by atoms with Crippen molar-refractivity contribution in [3.05, 3.63) is 11.7 Å². The summed E-state index contributed by atoms with van der Waals surface area (Å²) in [6.45, 7) is 2.83. The normalized spacial score (nSPS) is 17.9. The summed E-state index contributed by atoms with van der Waals surface area (Å²) in [5, 5.41) is 8.94. The van der Waals surface area contributed by atoms with E-state index < -0.39 is 24.7 Å². The fourth-order valence-corrected chi connectivity index (χ4v) is 2.41. The van der Waals surface area contributed by atoms with Gasteiger partial charge in [-0.25, -0.2) is 0 Å². The second kappa shape index (κ2) is 7.73. The first-order valence-electron chi connectivity index (χ1n) is 7.43. The summed E-state index contributed by atoms with van der Waals surface area (Å²) in [5.41, 5.74) is 0. The number of halogens is 3. The van der Waals surface area contributed by atoms with Crippen molar-refractivity contribution in [3.8, 4) is 0 Å². The zero-order valence-electron chi connectivity index (χ0n) is 12.8. The van der Waals surface area contributed by atoms with Gasteiger partial charge in [0, 0.05) is 45.6 Å². The minimum atomic E-state index is -4.38. The van der Waals surface area contributed by atoms with Crippen LogP contribution in [0.5, 0.6) is 0 Å². The minimum absolute atomic E-state index is 0.00770. The molecule has 1 amide bonds. The van der Waals surface area contributed by atoms with Crippen LogP contribution in [0.1, 0.15) is 18.1 Å². The second-order valence-corrected chi connectivity index (χ2v) is 5.38. The van der Waals surface area contributed by atoms with E-state index in [1.54, 1.807) is 6.92 Å². The van der Waals surface area contributed by atoms with Crippen LogP contribution < -0.4 is 10.6 Å². The number of aromatic nitrogens is 2. The summed E-state index contributed by atoms with van der Waals surface area (Å²) in [5.74, 6) is 0.286. The van der Waals surface area contributed by atoms with E-state index in [9.17, 15) is 18.0 Å². The molecule has 1 aromatic rings. The number of nitrogens with zero attached hydrogens (tertiary/aromatic N) is 3. The number of carbonyl (C=O) groups excluding carboxylic acids is 1. The number of aryl methyl sites for hydroxylation is 2. The molecule has 2 N–H and O–H groups in total. The molecule has 1 atom stereocenters. The van der Waals surface area contributed by atoms with E-state index in [0.717, 1.165) is 0 Å². The highest BCUT2D eigenvalue weighted by Gasteiger charge is 2.43. The smallest absolute Gasteiger partial charge is 0.354 e. The lowest BCUT2D eigenvalue weighted by molar-refractivity contribution is -0.184. The van der Waals surface area contributed by atoms with Gasteiger partial charge in [-0.2, -0.15) is 18.2 Å². The molecule has 130 valence electrons. The van der Waals surface area contributed by atoms with Crippen molar-refractivity contribution in [2.75, 3.05) is 32.7 Å². The molecule has 2 heterocycles. The quantitative estimate of drug-likeness (QED) is 0.776. The van der Waals surface area contributed by atoms with Crippen LogP contribution in [0.4, 0.5) is 13.2 Å². The molecule has 0 radical (unpaired) electrons. The van der Waals surface area contributed by atoms with Crippen LogP contribution >= 0.6 is 0 Å². The minimum Gasteiger partial charge on any atom is -0.354 e. The third kappa shape index (κ3) is 5.47. The molecule has 1 unspecified atom stereocenters. The highest BCUT2D eigenvalue weighted by Crippen LogP contribution is 2.24. The number of rotatable bonds is 6. The average Bonchev–Trinajstić information content (AvgIpc) is 2.91. The van der Waals surface area contributed by atoms with Crippen LogP contribution in [0.15, 0.2) is 4.52 Å². The van der Waals surface area contributed by atoms with Crippen LogP contribution in [0.3, 0.4) is 0 Å². The Hall–Kier alpha value is -1.68. The summed E-state index contributed by atoms with van der Waals surface area (Å²) in [6, 6.07) is -1.67. The van der Waals surface area contributed by atoms with Gasteiger partial charge in [-0.3, -0.25) is 9.69 Å². The van der Waals surface area contributed by atoms with Gasteiger partial charge in [0.05, 0.1) is 0 Å². The Bertz CT molecular complexity index is 514. The Morgan fingerprint density at radius 2 is 2.13 bits per heavy atom. The van der Waals surface area contributed by atoms with Gasteiger partial charge in [0.25, 0.3) is 0 Å². The summed E-state index contributed by atoms with van der Waals surface area (Å²) in [7, 11) is 0. The van der Waals surface area contributed by atoms with Gasteiger partial charge in [-0.1, -0.05) is 5.16 Å². The van der Waals surface area contributed by atoms with Gasteiger partial charge in [-0.15, -0.1) is 0 Å². The van der Waals surface area contributed by atoms with Crippen LogP contribution in [-0.2, 0) is 11.2 Å². The molecular weight excluding hydrogens is 315 g/mol. The summed E-state index contributed by atoms with van der Waals surface area (Å²) in [6.07, 6.45) is -4.17. The van der Waals surface area contributed by atoms with Gasteiger partial charge in [0.15, 0.2) is 5.82 Å². The van der Waals surface area contributed by atoms with Crippen LogP contribution in [-0.4, -0.2) is 65.9 Å². The van der Waals surface area contributed by atoms with Crippen molar-refractivity contribution in [3.63, 3.8) is 0 Å². The number of nitrogens with one attached hydrogen (secondary N) is 2. The Labute approximate surface area is 131 Å². The topological polar surface area (TPSA) is 83.3 Å². The van der Waals surface area contributed by atoms with E-state index in [-0.39, 0.29) is 12.8 Å². The number of hydrogen-bond donors (Lipinski definition) is 2. The van der Waals surface area contributed by atoms with Crippen molar-refractivity contribution < 1.29 is 22.5 Å². The van der Waals surface area contributed by atoms with Crippen molar-refractivity contribution in [2.24, 2.45) is 0 Å². The van der Waals surface area contributed by atoms with Crippen molar-refractivity contribution in [2.45, 2.75) is 32.0 Å². The molecule has 0 spiro atoms. The van der Waals surface area contributed by atoms with Crippen molar-refractivity contribution >= 4 is 5.91 Å². The van der Waals surface area contributed by atoms with E-state index in [1.807, 2.05) is 0 Å². The molecular formula is C13H20F3N5O2. The molecule has 0 aromatic carbocycles. The molecule has 0 aliphatic carbocycles. The number of hydrogen-bond acceptors (Lipinski definition) is 6. The maximum absolute atomic E-state index is 13.2. The van der Waals surface area contributed by atoms with E-state index in [1.165, 1.54) is 4.90 Å². The van der Waals surface area contributed by atoms with E-state index in [0.29, 0.717) is 37.9 Å². The standard InChI is InChI=1S/C13H20F3N5O2/c1-9-19-12(23-20-9)3-2-11(22)18-8-10(13(14,15)16)21-6-4-17-5-7-21/h10,17H,2-8H2,1H3,(H,18,22). The van der Waals surface area contributed by atoms with E-state index >= 15 is 0 Å². The molecule has 1 fully saturated rings. The lowest BCUT2D eigenvalue weighted by Gasteiger charge is -2.35. The highest BCUT2D eigenvalue weighted by molar-refractivity contribution is 5.76. The number of carbonyl (C=O) groups is 1. The molecule has 0 bridgehead atoms. The number of piperazine rings is 1. The predicted molar refractivity (Wildman–Crippen MR) is 74.7 cm³/mol. The zero-order chi connectivity index (χ0) is 16.9. The summed E-state index contributed by atoms with van der Waals surface area (Å²) >= 11 is 0. The fourth-order valence-electron chi connectivity index (χ4n) is 2.41. The SMILES string of the molecule is Cc1noc(CCC(=O)NCC(N2CCNCC2)C(F)(F)F)n1. The average molecular weight is 335 g/mol. The summed E-state index contributed by atoms with van der Waals surface area (Å²) in [4.78, 5) is 17.0. The van der Waals surface area contributed by atoms with Gasteiger partial charge < -0.3 is 15.2 Å². The molecule has 7 nitrogen and oxygen atoms in total. The highest BCUT2D eigenvalue weighted by atomic mass is 19.4. The van der Waals surface area contributed by atoms with Gasteiger partial charge in [0.2, 0.25) is 11.8 Å². The summed E-state index contributed by atoms with van der Waals surface area (Å²) < 4.78 is 44.3. The van der Waals surface area contributed by atoms with Gasteiger partial charge in [-0.05, 0) is 6.92 Å². The molecule has 1 aliphatic rings. The third-order valence-corrected chi connectivity index (χ3v) is 3.60. The van der Waals surface area contributed by atoms with Crippen molar-refractivity contribution in [1.29, 1.82) is 0 Å². The van der Waals surface area contributed by atoms with E-state index in [4.69, 9.17) is 4.52 Å². The first-order chi connectivity index (χ1) is 10.9. The van der Waals surface area contributed by atoms with E-state index in [2.05, 4.69) is 20.8 Å². The number of amides is 1. The Morgan fingerprint density at radius 3 is 2.70 bits per heavy atom. The first-order valence-corrected chi connectivity index (χ1v) is 7.43. The van der Waals surface area contributed by atoms with Crippen LogP contribution in [0.2, 0.25) is 0 Å². The third-order valence-electron chi connectivity index (χ3n) is 3.60. The molecule has 0 saturated carbocycles. The first kappa shape index (κ1) is 17.7. The second-order valence-electron chi connectivity index (χ2n) is 5.38. The molecule has 1 aromatic heterocycles. The monoisotopic (exact) mass is 335 g/mol. The zero-order valence-corrected chi connectivity index (χ0v) is 12.8. The van der Waals surface area contributed by atoms with Gasteiger partial charge >= 0.3 is 6.18 Å². The maximum Gasteiger partial charge on any atom is 0.405 e. The van der Waals surface area contributed by atoms with Gasteiger partial charge in [0.1, 0.15) is 6.04 Å². The Balaban J connectivity index is 1.81. The lowest BCUT2D eigenvalue weighted by Crippen LogP contribution is -2.57.